The standard InChI is InChI=1S/C24H24N2O4/c1-18(25-17-21-14-22(26(29)30)12-13-23(21)27)24(28,15-19-8-4-2-5-9-19)16-20-10-6-3-7-11-20/h2-14,17-18,27-28H,15-16H2,1H3. The Labute approximate surface area is 175 Å². The molecular weight excluding hydrogens is 380 g/mol. The van der Waals surface area contributed by atoms with Gasteiger partial charge in [0.2, 0.25) is 0 Å². The van der Waals surface area contributed by atoms with E-state index in [4.69, 9.17) is 0 Å². The average molecular weight is 404 g/mol. The Morgan fingerprint density at radius 2 is 1.53 bits per heavy atom. The summed E-state index contributed by atoms with van der Waals surface area (Å²) in [5.74, 6) is -0.105. The molecule has 0 heterocycles. The first kappa shape index (κ1) is 21.2. The zero-order valence-electron chi connectivity index (χ0n) is 16.7. The van der Waals surface area contributed by atoms with Crippen LogP contribution in [0.3, 0.4) is 0 Å². The first-order valence-electron chi connectivity index (χ1n) is 9.68. The van der Waals surface area contributed by atoms with E-state index >= 15 is 0 Å². The molecule has 1 unspecified atom stereocenters. The third-order valence-electron chi connectivity index (χ3n) is 5.14. The molecule has 0 spiro atoms. The van der Waals surface area contributed by atoms with E-state index in [1.165, 1.54) is 24.4 Å². The normalized spacial score (nSPS) is 12.7. The van der Waals surface area contributed by atoms with Crippen LogP contribution in [0.25, 0.3) is 0 Å². The van der Waals surface area contributed by atoms with E-state index in [-0.39, 0.29) is 17.0 Å². The molecular formula is C24H24N2O4. The van der Waals surface area contributed by atoms with E-state index in [1.54, 1.807) is 6.92 Å². The minimum Gasteiger partial charge on any atom is -0.507 e. The molecule has 2 N–H and O–H groups in total. The van der Waals surface area contributed by atoms with Crippen molar-refractivity contribution in [3.05, 3.63) is 106 Å². The van der Waals surface area contributed by atoms with Crippen molar-refractivity contribution in [2.45, 2.75) is 31.4 Å². The van der Waals surface area contributed by atoms with Crippen LogP contribution >= 0.6 is 0 Å². The molecule has 0 aliphatic carbocycles. The van der Waals surface area contributed by atoms with E-state index in [2.05, 4.69) is 4.99 Å². The van der Waals surface area contributed by atoms with Crippen molar-refractivity contribution < 1.29 is 15.1 Å². The van der Waals surface area contributed by atoms with Gasteiger partial charge < -0.3 is 10.2 Å². The number of aliphatic hydroxyl groups is 1. The molecule has 3 rings (SSSR count). The minimum atomic E-state index is -1.18. The number of benzene rings is 3. The fraction of sp³-hybridized carbons (Fsp3) is 0.208. The summed E-state index contributed by atoms with van der Waals surface area (Å²) in [7, 11) is 0. The van der Waals surface area contributed by atoms with Crippen molar-refractivity contribution in [1.82, 2.24) is 0 Å². The lowest BCUT2D eigenvalue weighted by molar-refractivity contribution is -0.384. The fourth-order valence-electron chi connectivity index (χ4n) is 3.35. The monoisotopic (exact) mass is 404 g/mol. The molecule has 0 saturated heterocycles. The molecule has 0 aliphatic heterocycles. The second-order valence-corrected chi connectivity index (χ2v) is 7.38. The van der Waals surface area contributed by atoms with Gasteiger partial charge in [-0.15, -0.1) is 0 Å². The Balaban J connectivity index is 1.89. The summed E-state index contributed by atoms with van der Waals surface area (Å²) in [6, 6.07) is 22.6. The molecule has 0 aliphatic rings. The van der Waals surface area contributed by atoms with Gasteiger partial charge in [-0.1, -0.05) is 60.7 Å². The van der Waals surface area contributed by atoms with E-state index in [0.717, 1.165) is 11.1 Å². The molecule has 6 nitrogen and oxygen atoms in total. The van der Waals surface area contributed by atoms with E-state index in [1.807, 2.05) is 60.7 Å². The summed E-state index contributed by atoms with van der Waals surface area (Å²) in [6.45, 7) is 1.80. The van der Waals surface area contributed by atoms with Gasteiger partial charge in [0.05, 0.1) is 16.6 Å². The van der Waals surface area contributed by atoms with Gasteiger partial charge in [0.1, 0.15) is 5.75 Å². The summed E-state index contributed by atoms with van der Waals surface area (Å²) >= 11 is 0. The number of phenols is 1. The largest absolute Gasteiger partial charge is 0.507 e. The van der Waals surface area contributed by atoms with Crippen LogP contribution < -0.4 is 0 Å². The zero-order valence-corrected chi connectivity index (χ0v) is 16.7. The van der Waals surface area contributed by atoms with E-state index in [0.29, 0.717) is 12.8 Å². The van der Waals surface area contributed by atoms with Crippen LogP contribution in [0.5, 0.6) is 5.75 Å². The van der Waals surface area contributed by atoms with Crippen LogP contribution in [0.4, 0.5) is 5.69 Å². The molecule has 0 fully saturated rings. The highest BCUT2D eigenvalue weighted by Gasteiger charge is 2.34. The first-order valence-corrected chi connectivity index (χ1v) is 9.68. The highest BCUT2D eigenvalue weighted by Crippen LogP contribution is 2.26. The Bertz CT molecular complexity index is 978. The second kappa shape index (κ2) is 9.33. The number of non-ortho nitro benzene ring substituents is 1. The molecule has 3 aromatic carbocycles. The van der Waals surface area contributed by atoms with E-state index < -0.39 is 16.6 Å². The lowest BCUT2D eigenvalue weighted by Crippen LogP contribution is -2.44. The van der Waals surface area contributed by atoms with Gasteiger partial charge in [0.15, 0.2) is 0 Å². The quantitative estimate of drug-likeness (QED) is 0.332. The summed E-state index contributed by atoms with van der Waals surface area (Å²) in [4.78, 5) is 14.9. The van der Waals surface area contributed by atoms with Gasteiger partial charge >= 0.3 is 0 Å². The van der Waals surface area contributed by atoms with Crippen LogP contribution in [-0.4, -0.2) is 33.0 Å². The number of aromatic hydroxyl groups is 1. The smallest absolute Gasteiger partial charge is 0.270 e. The lowest BCUT2D eigenvalue weighted by atomic mass is 9.83. The molecule has 6 heteroatoms. The predicted octanol–water partition coefficient (Wildman–Crippen LogP) is 4.32. The van der Waals surface area contributed by atoms with Crippen LogP contribution in [-0.2, 0) is 12.8 Å². The Kier molecular flexibility index (Phi) is 6.59. The summed E-state index contributed by atoms with van der Waals surface area (Å²) in [6.07, 6.45) is 2.16. The maximum atomic E-state index is 11.6. The average Bonchev–Trinajstić information content (AvgIpc) is 2.74. The van der Waals surface area contributed by atoms with Crippen molar-refractivity contribution in [3.63, 3.8) is 0 Å². The third-order valence-corrected chi connectivity index (χ3v) is 5.14. The number of hydrogen-bond acceptors (Lipinski definition) is 5. The first-order chi connectivity index (χ1) is 14.4. The topological polar surface area (TPSA) is 96.0 Å². The summed E-state index contributed by atoms with van der Waals surface area (Å²) < 4.78 is 0. The number of nitro groups is 1. The number of nitrogens with zero attached hydrogens (tertiary/aromatic N) is 2. The van der Waals surface area contributed by atoms with Gasteiger partial charge in [0.25, 0.3) is 5.69 Å². The molecule has 154 valence electrons. The SMILES string of the molecule is CC(N=Cc1cc([N+](=O)[O-])ccc1O)C(O)(Cc1ccccc1)Cc1ccccc1. The zero-order chi connectivity index (χ0) is 21.6. The van der Waals surface area contributed by atoms with Crippen molar-refractivity contribution in [2.24, 2.45) is 4.99 Å². The molecule has 0 bridgehead atoms. The number of phenolic OH excluding ortho intramolecular Hbond substituents is 1. The summed E-state index contributed by atoms with van der Waals surface area (Å²) in [5.41, 5.74) is 0.881. The number of rotatable bonds is 8. The maximum Gasteiger partial charge on any atom is 0.270 e. The number of nitro benzene ring substituents is 1. The highest BCUT2D eigenvalue weighted by atomic mass is 16.6. The van der Waals surface area contributed by atoms with Gasteiger partial charge in [0, 0.05) is 36.8 Å². The predicted molar refractivity (Wildman–Crippen MR) is 117 cm³/mol. The second-order valence-electron chi connectivity index (χ2n) is 7.38. The molecule has 3 aromatic rings. The van der Waals surface area contributed by atoms with Crippen LogP contribution in [0.1, 0.15) is 23.6 Å². The van der Waals surface area contributed by atoms with Crippen LogP contribution in [0, 0.1) is 10.1 Å². The molecule has 30 heavy (non-hydrogen) atoms. The molecule has 0 saturated carbocycles. The number of hydrogen-bond donors (Lipinski definition) is 2. The van der Waals surface area contributed by atoms with Crippen molar-refractivity contribution in [3.8, 4) is 5.75 Å². The van der Waals surface area contributed by atoms with Crippen LogP contribution in [0.2, 0.25) is 0 Å². The molecule has 0 aromatic heterocycles. The van der Waals surface area contributed by atoms with Gasteiger partial charge in [-0.2, -0.15) is 0 Å². The fourth-order valence-corrected chi connectivity index (χ4v) is 3.35. The van der Waals surface area contributed by atoms with Gasteiger partial charge in [-0.05, 0) is 24.1 Å². The van der Waals surface area contributed by atoms with E-state index in [9.17, 15) is 20.3 Å². The molecule has 0 radical (unpaired) electrons. The van der Waals surface area contributed by atoms with Gasteiger partial charge in [-0.3, -0.25) is 15.1 Å². The van der Waals surface area contributed by atoms with Crippen LogP contribution in [0.15, 0.2) is 83.9 Å². The Morgan fingerprint density at radius 1 is 1.00 bits per heavy atom. The minimum absolute atomic E-state index is 0.105. The summed E-state index contributed by atoms with van der Waals surface area (Å²) in [5, 5.41) is 32.6. The highest BCUT2D eigenvalue weighted by molar-refractivity contribution is 5.84. The Hall–Kier alpha value is -3.51. The lowest BCUT2D eigenvalue weighted by Gasteiger charge is -2.32. The van der Waals surface area contributed by atoms with Crippen molar-refractivity contribution >= 4 is 11.9 Å². The molecule has 1 atom stereocenters. The number of aliphatic imine (C=N–C) groups is 1. The van der Waals surface area contributed by atoms with Crippen molar-refractivity contribution in [2.75, 3.05) is 0 Å². The molecule has 0 amide bonds. The van der Waals surface area contributed by atoms with Crippen molar-refractivity contribution in [1.29, 1.82) is 0 Å². The Morgan fingerprint density at radius 3 is 2.03 bits per heavy atom. The maximum absolute atomic E-state index is 11.6. The van der Waals surface area contributed by atoms with Gasteiger partial charge in [-0.25, -0.2) is 0 Å². The third kappa shape index (κ3) is 5.30.